The first kappa shape index (κ1) is 15.5. The molecule has 0 spiro atoms. The molecule has 0 bridgehead atoms. The minimum absolute atomic E-state index is 0.00864. The quantitative estimate of drug-likeness (QED) is 0.768. The van der Waals surface area contributed by atoms with E-state index in [1.54, 1.807) is 17.4 Å². The molecule has 0 saturated carbocycles. The maximum absolute atomic E-state index is 12.9. The minimum atomic E-state index is -4.31. The van der Waals surface area contributed by atoms with E-state index in [1.165, 1.54) is 12.1 Å². The van der Waals surface area contributed by atoms with Crippen molar-refractivity contribution in [2.45, 2.75) is 25.7 Å². The van der Waals surface area contributed by atoms with E-state index >= 15 is 0 Å². The summed E-state index contributed by atoms with van der Waals surface area (Å²) in [6.07, 6.45) is -4.31. The lowest BCUT2D eigenvalue weighted by atomic mass is 10.1. The second kappa shape index (κ2) is 6.28. The van der Waals surface area contributed by atoms with Gasteiger partial charge >= 0.3 is 6.18 Å². The van der Waals surface area contributed by atoms with Gasteiger partial charge in [0.05, 0.1) is 5.56 Å². The first-order valence-electron chi connectivity index (χ1n) is 6.01. The van der Waals surface area contributed by atoms with Gasteiger partial charge in [-0.25, -0.2) is 0 Å². The van der Waals surface area contributed by atoms with Crippen molar-refractivity contribution in [3.05, 3.63) is 56.2 Å². The monoisotopic (exact) mass is 363 g/mol. The lowest BCUT2D eigenvalue weighted by Gasteiger charge is -2.16. The molecule has 0 saturated heterocycles. The maximum atomic E-state index is 12.9. The molecule has 0 aliphatic rings. The predicted molar refractivity (Wildman–Crippen MR) is 78.7 cm³/mol. The molecule has 20 heavy (non-hydrogen) atoms. The zero-order valence-electron chi connectivity index (χ0n) is 10.7. The second-order valence-electron chi connectivity index (χ2n) is 4.39. The number of nitrogens with one attached hydrogen (secondary N) is 1. The van der Waals surface area contributed by atoms with Crippen LogP contribution in [0.15, 0.2) is 40.2 Å². The summed E-state index contributed by atoms with van der Waals surface area (Å²) < 4.78 is 39.6. The van der Waals surface area contributed by atoms with Crippen LogP contribution in [-0.4, -0.2) is 0 Å². The highest BCUT2D eigenvalue weighted by Crippen LogP contribution is 2.33. The van der Waals surface area contributed by atoms with Gasteiger partial charge in [0, 0.05) is 21.9 Å². The summed E-state index contributed by atoms with van der Waals surface area (Å²) in [7, 11) is 0. The third kappa shape index (κ3) is 3.62. The van der Waals surface area contributed by atoms with E-state index in [1.807, 2.05) is 18.4 Å². The number of hydrogen-bond donors (Lipinski definition) is 1. The van der Waals surface area contributed by atoms with E-state index in [0.717, 1.165) is 15.4 Å². The molecule has 2 aromatic rings. The van der Waals surface area contributed by atoms with Crippen molar-refractivity contribution in [3.63, 3.8) is 0 Å². The van der Waals surface area contributed by atoms with Crippen LogP contribution in [0, 0.1) is 0 Å². The summed E-state index contributed by atoms with van der Waals surface area (Å²) in [5.41, 5.74) is -0.315. The molecule has 0 aliphatic carbocycles. The number of rotatable bonds is 4. The zero-order chi connectivity index (χ0) is 14.8. The van der Waals surface area contributed by atoms with Crippen molar-refractivity contribution in [1.29, 1.82) is 0 Å². The number of thiophene rings is 1. The molecule has 108 valence electrons. The first-order valence-corrected chi connectivity index (χ1v) is 7.68. The Balaban J connectivity index is 2.10. The topological polar surface area (TPSA) is 12.0 Å². The van der Waals surface area contributed by atoms with Crippen molar-refractivity contribution in [1.82, 2.24) is 5.32 Å². The Morgan fingerprint density at radius 1 is 1.25 bits per heavy atom. The van der Waals surface area contributed by atoms with Crippen LogP contribution in [0.4, 0.5) is 13.2 Å². The van der Waals surface area contributed by atoms with E-state index in [0.29, 0.717) is 0 Å². The van der Waals surface area contributed by atoms with Crippen LogP contribution >= 0.6 is 27.3 Å². The van der Waals surface area contributed by atoms with Crippen molar-refractivity contribution in [2.24, 2.45) is 0 Å². The molecule has 0 aliphatic heterocycles. The molecule has 1 N–H and O–H groups in total. The highest BCUT2D eigenvalue weighted by Gasteiger charge is 2.32. The molecule has 1 unspecified atom stereocenters. The lowest BCUT2D eigenvalue weighted by molar-refractivity contribution is -0.138. The molecule has 1 nitrogen and oxygen atoms in total. The normalized spacial score (nSPS) is 13.4. The summed E-state index contributed by atoms with van der Waals surface area (Å²) >= 11 is 5.00. The minimum Gasteiger partial charge on any atom is -0.305 e. The number of hydrogen-bond acceptors (Lipinski definition) is 2. The molecular formula is C14H13BrF3NS. The van der Waals surface area contributed by atoms with Crippen LogP contribution in [0.25, 0.3) is 0 Å². The van der Waals surface area contributed by atoms with Crippen molar-refractivity contribution >= 4 is 27.3 Å². The van der Waals surface area contributed by atoms with Crippen LogP contribution in [0.1, 0.15) is 29.0 Å². The average Bonchev–Trinajstić information content (AvgIpc) is 2.81. The van der Waals surface area contributed by atoms with Crippen molar-refractivity contribution in [2.75, 3.05) is 0 Å². The fourth-order valence-electron chi connectivity index (χ4n) is 1.92. The average molecular weight is 364 g/mol. The molecule has 6 heteroatoms. The van der Waals surface area contributed by atoms with Gasteiger partial charge in [0.1, 0.15) is 0 Å². The maximum Gasteiger partial charge on any atom is 0.416 e. The molecule has 2 rings (SSSR count). The van der Waals surface area contributed by atoms with E-state index in [9.17, 15) is 13.2 Å². The summed E-state index contributed by atoms with van der Waals surface area (Å²) in [6, 6.07) is 7.57. The Hall–Kier alpha value is -0.850. The van der Waals surface area contributed by atoms with Gasteiger partial charge in [0.2, 0.25) is 0 Å². The summed E-state index contributed by atoms with van der Waals surface area (Å²) in [5.74, 6) is 0. The highest BCUT2D eigenvalue weighted by atomic mass is 79.9. The molecule has 1 atom stereocenters. The number of alkyl halides is 3. The van der Waals surface area contributed by atoms with Gasteiger partial charge in [-0.1, -0.05) is 18.2 Å². The smallest absolute Gasteiger partial charge is 0.305 e. The number of benzene rings is 1. The highest BCUT2D eigenvalue weighted by molar-refractivity contribution is 9.10. The lowest BCUT2D eigenvalue weighted by Crippen LogP contribution is -2.20. The predicted octanol–water partition coefficient (Wildman–Crippen LogP) is 5.38. The Morgan fingerprint density at radius 2 is 1.95 bits per heavy atom. The molecule has 1 heterocycles. The molecular weight excluding hydrogens is 351 g/mol. The second-order valence-corrected chi connectivity index (χ2v) is 6.19. The summed E-state index contributed by atoms with van der Waals surface area (Å²) in [6.45, 7) is 2.12. The molecule has 0 amide bonds. The third-order valence-corrected chi connectivity index (χ3v) is 5.01. The Morgan fingerprint density at radius 3 is 2.55 bits per heavy atom. The van der Waals surface area contributed by atoms with Crippen LogP contribution in [-0.2, 0) is 12.7 Å². The van der Waals surface area contributed by atoms with Gasteiger partial charge in [-0.2, -0.15) is 13.2 Å². The van der Waals surface area contributed by atoms with Gasteiger partial charge in [-0.05, 0) is 45.9 Å². The van der Waals surface area contributed by atoms with Gasteiger partial charge < -0.3 is 5.32 Å². The van der Waals surface area contributed by atoms with E-state index < -0.39 is 11.7 Å². The number of halogens is 4. The van der Waals surface area contributed by atoms with E-state index in [-0.39, 0.29) is 18.2 Å². The van der Waals surface area contributed by atoms with Gasteiger partial charge in [-0.3, -0.25) is 0 Å². The Labute approximate surface area is 128 Å². The molecule has 1 aromatic heterocycles. The SMILES string of the molecule is CC(NCc1ccccc1C(F)(F)F)c1sccc1Br. The van der Waals surface area contributed by atoms with E-state index in [4.69, 9.17) is 0 Å². The molecule has 0 radical (unpaired) electrons. The van der Waals surface area contributed by atoms with Gasteiger partial charge in [-0.15, -0.1) is 11.3 Å². The van der Waals surface area contributed by atoms with Crippen LogP contribution in [0.5, 0.6) is 0 Å². The van der Waals surface area contributed by atoms with E-state index in [2.05, 4.69) is 21.2 Å². The van der Waals surface area contributed by atoms with Crippen molar-refractivity contribution < 1.29 is 13.2 Å². The van der Waals surface area contributed by atoms with Crippen LogP contribution in [0.2, 0.25) is 0 Å². The fraction of sp³-hybridized carbons (Fsp3) is 0.286. The molecule has 0 fully saturated rings. The standard InChI is InChI=1S/C14H13BrF3NS/c1-9(13-12(15)6-7-20-13)19-8-10-4-2-3-5-11(10)14(16,17)18/h2-7,9,19H,8H2,1H3. The largest absolute Gasteiger partial charge is 0.416 e. The van der Waals surface area contributed by atoms with Gasteiger partial charge in [0.25, 0.3) is 0 Å². The Bertz CT molecular complexity index is 580. The first-order chi connectivity index (χ1) is 9.39. The van der Waals surface area contributed by atoms with Crippen LogP contribution in [0.3, 0.4) is 0 Å². The summed E-state index contributed by atoms with van der Waals surface area (Å²) in [4.78, 5) is 1.08. The third-order valence-electron chi connectivity index (χ3n) is 2.96. The zero-order valence-corrected chi connectivity index (χ0v) is 13.1. The van der Waals surface area contributed by atoms with Crippen molar-refractivity contribution in [3.8, 4) is 0 Å². The van der Waals surface area contributed by atoms with Crippen LogP contribution < -0.4 is 5.32 Å². The fourth-order valence-corrected chi connectivity index (χ4v) is 3.67. The molecule has 1 aromatic carbocycles. The van der Waals surface area contributed by atoms with Gasteiger partial charge in [0.15, 0.2) is 0 Å². The Kier molecular flexibility index (Phi) is 4.88. The summed E-state index contributed by atoms with van der Waals surface area (Å²) in [5, 5.41) is 5.08.